The third-order valence-corrected chi connectivity index (χ3v) is 7.70. The summed E-state index contributed by atoms with van der Waals surface area (Å²) < 4.78 is 62.9. The van der Waals surface area contributed by atoms with Gasteiger partial charge in [0.1, 0.15) is 11.4 Å². The van der Waals surface area contributed by atoms with Crippen molar-refractivity contribution in [1.29, 1.82) is 0 Å². The summed E-state index contributed by atoms with van der Waals surface area (Å²) in [5, 5.41) is 12.3. The number of nitrogens with zero attached hydrogens (tertiary/aromatic N) is 2. The van der Waals surface area contributed by atoms with Gasteiger partial charge in [-0.3, -0.25) is 14.4 Å². The summed E-state index contributed by atoms with van der Waals surface area (Å²) >= 11 is 0. The van der Waals surface area contributed by atoms with E-state index in [1.807, 2.05) is 0 Å². The second-order valence-corrected chi connectivity index (χ2v) is 9.90. The molecule has 3 heterocycles. The SMILES string of the molecule is Cc1ccc([C@H](NC(=O)c2cn3c(c(O)c2=O)C(=O)N2[C@@H](C3)OC3C[C@H]2C2C[C@H]32)C(F)(F)F)c(F)c1. The lowest BCUT2D eigenvalue weighted by Gasteiger charge is -2.45. The minimum absolute atomic E-state index is 0.00305. The zero-order valence-corrected chi connectivity index (χ0v) is 18.9. The van der Waals surface area contributed by atoms with Crippen molar-refractivity contribution in [2.45, 2.75) is 56.9 Å². The largest absolute Gasteiger partial charge is 0.503 e. The summed E-state index contributed by atoms with van der Waals surface area (Å²) in [6.45, 7) is 1.49. The van der Waals surface area contributed by atoms with Gasteiger partial charge in [-0.05, 0) is 43.2 Å². The highest BCUT2D eigenvalue weighted by Crippen LogP contribution is 2.58. The number of hydrogen-bond donors (Lipinski definition) is 2. The maximum Gasteiger partial charge on any atom is 0.412 e. The van der Waals surface area contributed by atoms with Crippen molar-refractivity contribution < 1.29 is 37.0 Å². The second-order valence-electron chi connectivity index (χ2n) is 9.90. The maximum atomic E-state index is 14.3. The Morgan fingerprint density at radius 1 is 1.22 bits per heavy atom. The highest BCUT2D eigenvalue weighted by Gasteiger charge is 2.63. The molecule has 2 unspecified atom stereocenters. The van der Waals surface area contributed by atoms with E-state index in [2.05, 4.69) is 0 Å². The summed E-state index contributed by atoms with van der Waals surface area (Å²) in [6.07, 6.45) is -3.18. The van der Waals surface area contributed by atoms with Crippen LogP contribution in [0, 0.1) is 24.6 Å². The molecule has 0 spiro atoms. The minimum atomic E-state index is -5.08. The number of pyridine rings is 1. The molecule has 2 bridgehead atoms. The van der Waals surface area contributed by atoms with Crippen LogP contribution >= 0.6 is 0 Å². The van der Waals surface area contributed by atoms with Gasteiger partial charge >= 0.3 is 6.18 Å². The number of nitrogens with one attached hydrogen (secondary N) is 1. The highest BCUT2D eigenvalue weighted by molar-refractivity contribution is 5.99. The van der Waals surface area contributed by atoms with Crippen LogP contribution in [-0.2, 0) is 11.3 Å². The second kappa shape index (κ2) is 7.55. The molecule has 1 saturated heterocycles. The first-order valence-corrected chi connectivity index (χ1v) is 11.5. The van der Waals surface area contributed by atoms with Crippen LogP contribution in [0.25, 0.3) is 0 Å². The van der Waals surface area contributed by atoms with Crippen molar-refractivity contribution in [2.75, 3.05) is 0 Å². The molecule has 2 saturated carbocycles. The number of aryl methyl sites for hydroxylation is 1. The standard InChI is InChI=1S/C24H21F4N3O5/c1-9-2-3-10(14(25)4-9)21(24(26,27)28)29-22(34)13-7-30-8-17-31(23(35)18(30)20(33)19(13)32)15-6-16(36-17)12-5-11(12)15/h2-4,7,11-12,15-17,21,33H,5-6,8H2,1H3,(H,29,34)/t11?,12-,15-,16?,17+,21-/m0/s1. The Kier molecular flexibility index (Phi) is 4.82. The van der Waals surface area contributed by atoms with E-state index in [1.54, 1.807) is 5.32 Å². The fourth-order valence-corrected chi connectivity index (χ4v) is 5.94. The highest BCUT2D eigenvalue weighted by atomic mass is 19.4. The monoisotopic (exact) mass is 507 g/mol. The van der Waals surface area contributed by atoms with E-state index in [0.29, 0.717) is 23.8 Å². The van der Waals surface area contributed by atoms with Crippen LogP contribution in [-0.4, -0.2) is 50.9 Å². The third kappa shape index (κ3) is 3.34. The lowest BCUT2D eigenvalue weighted by Crippen LogP contribution is -2.58. The first kappa shape index (κ1) is 23.0. The molecule has 1 aromatic carbocycles. The summed E-state index contributed by atoms with van der Waals surface area (Å²) in [5.41, 5.74) is -2.87. The number of carbonyl (C=O) groups is 2. The predicted octanol–water partition coefficient (Wildman–Crippen LogP) is 2.62. The molecule has 2 aromatic rings. The number of fused-ring (bicyclic) bond motifs is 8. The summed E-state index contributed by atoms with van der Waals surface area (Å²) in [6, 6.07) is 0.274. The fourth-order valence-electron chi connectivity index (χ4n) is 5.94. The van der Waals surface area contributed by atoms with E-state index in [9.17, 15) is 37.1 Å². The Morgan fingerprint density at radius 2 is 1.97 bits per heavy atom. The number of aromatic hydroxyl groups is 1. The van der Waals surface area contributed by atoms with E-state index < -0.39 is 58.4 Å². The number of alkyl halides is 3. The van der Waals surface area contributed by atoms with Gasteiger partial charge in [0.25, 0.3) is 11.8 Å². The Balaban J connectivity index is 1.35. The zero-order valence-electron chi connectivity index (χ0n) is 18.9. The van der Waals surface area contributed by atoms with Crippen molar-refractivity contribution in [1.82, 2.24) is 14.8 Å². The first-order chi connectivity index (χ1) is 17.0. The van der Waals surface area contributed by atoms with Crippen molar-refractivity contribution in [3.63, 3.8) is 0 Å². The number of hydrogen-bond acceptors (Lipinski definition) is 5. The van der Waals surface area contributed by atoms with Gasteiger partial charge in [-0.15, -0.1) is 0 Å². The van der Waals surface area contributed by atoms with Crippen LogP contribution in [0.4, 0.5) is 17.6 Å². The topological polar surface area (TPSA) is 101 Å². The number of benzene rings is 1. The molecule has 190 valence electrons. The van der Waals surface area contributed by atoms with Gasteiger partial charge in [0.2, 0.25) is 5.43 Å². The molecule has 12 heteroatoms. The molecule has 2 N–H and O–H groups in total. The average Bonchev–Trinajstić information content (AvgIpc) is 3.54. The molecule has 2 aliphatic heterocycles. The fraction of sp³-hybridized carbons (Fsp3) is 0.458. The van der Waals surface area contributed by atoms with Crippen molar-refractivity contribution in [2.24, 2.45) is 11.8 Å². The summed E-state index contributed by atoms with van der Waals surface area (Å²) in [5.74, 6) is -3.60. The minimum Gasteiger partial charge on any atom is -0.503 e. The first-order valence-electron chi connectivity index (χ1n) is 11.5. The van der Waals surface area contributed by atoms with E-state index in [0.717, 1.165) is 24.8 Å². The Labute approximate surface area is 201 Å². The van der Waals surface area contributed by atoms with Crippen LogP contribution in [0.3, 0.4) is 0 Å². The number of amides is 2. The molecule has 2 amide bonds. The van der Waals surface area contributed by atoms with Gasteiger partial charge in [0.05, 0.1) is 12.6 Å². The van der Waals surface area contributed by atoms with Crippen LogP contribution in [0.2, 0.25) is 0 Å². The zero-order chi connectivity index (χ0) is 25.7. The molecule has 0 radical (unpaired) electrons. The van der Waals surface area contributed by atoms with E-state index in [4.69, 9.17) is 4.74 Å². The number of ether oxygens (including phenoxy) is 1. The Bertz CT molecular complexity index is 1370. The molecule has 36 heavy (non-hydrogen) atoms. The Hall–Kier alpha value is -3.41. The molecule has 4 aliphatic rings. The van der Waals surface area contributed by atoms with Gasteiger partial charge in [-0.1, -0.05) is 12.1 Å². The predicted molar refractivity (Wildman–Crippen MR) is 115 cm³/mol. The van der Waals surface area contributed by atoms with E-state index in [-0.39, 0.29) is 24.4 Å². The number of halogens is 4. The molecule has 6 rings (SSSR count). The summed E-state index contributed by atoms with van der Waals surface area (Å²) in [7, 11) is 0. The van der Waals surface area contributed by atoms with Crippen molar-refractivity contribution in [3.8, 4) is 5.75 Å². The number of carbonyl (C=O) groups excluding carboxylic acids is 2. The maximum absolute atomic E-state index is 14.3. The normalized spacial score (nSPS) is 28.8. The quantitative estimate of drug-likeness (QED) is 0.623. The van der Waals surface area contributed by atoms with Crippen LogP contribution in [0.1, 0.15) is 50.9 Å². The van der Waals surface area contributed by atoms with E-state index >= 15 is 0 Å². The third-order valence-electron chi connectivity index (χ3n) is 7.70. The summed E-state index contributed by atoms with van der Waals surface area (Å²) in [4.78, 5) is 40.5. The van der Waals surface area contributed by atoms with Crippen LogP contribution in [0.5, 0.6) is 5.75 Å². The van der Waals surface area contributed by atoms with Gasteiger partial charge < -0.3 is 24.6 Å². The van der Waals surface area contributed by atoms with Gasteiger partial charge in [-0.25, -0.2) is 4.39 Å². The van der Waals surface area contributed by atoms with E-state index in [1.165, 1.54) is 22.5 Å². The van der Waals surface area contributed by atoms with Gasteiger partial charge in [-0.2, -0.15) is 13.2 Å². The molecule has 2 aliphatic carbocycles. The average molecular weight is 507 g/mol. The number of aromatic nitrogens is 1. The molecule has 1 aromatic heterocycles. The van der Waals surface area contributed by atoms with Crippen molar-refractivity contribution in [3.05, 3.63) is 62.8 Å². The van der Waals surface area contributed by atoms with Crippen molar-refractivity contribution >= 4 is 11.8 Å². The lowest BCUT2D eigenvalue weighted by atomic mass is 10.0. The molecular weight excluding hydrogens is 486 g/mol. The smallest absolute Gasteiger partial charge is 0.412 e. The van der Waals surface area contributed by atoms with Crippen LogP contribution < -0.4 is 10.7 Å². The number of rotatable bonds is 3. The molecular formula is C24H21F4N3O5. The lowest BCUT2D eigenvalue weighted by molar-refractivity contribution is -0.155. The van der Waals surface area contributed by atoms with Gasteiger partial charge in [0, 0.05) is 17.8 Å². The molecule has 6 atom stereocenters. The molecule has 8 nitrogen and oxygen atoms in total. The molecule has 3 fully saturated rings. The van der Waals surface area contributed by atoms with Crippen LogP contribution in [0.15, 0.2) is 29.2 Å². The van der Waals surface area contributed by atoms with Gasteiger partial charge in [0.15, 0.2) is 23.7 Å². The Morgan fingerprint density at radius 3 is 2.67 bits per heavy atom.